The van der Waals surface area contributed by atoms with E-state index in [1.165, 1.54) is 30.3 Å². The zero-order valence-corrected chi connectivity index (χ0v) is 20.8. The van der Waals surface area contributed by atoms with Crippen LogP contribution in [0.3, 0.4) is 0 Å². The predicted octanol–water partition coefficient (Wildman–Crippen LogP) is 4.27. The monoisotopic (exact) mass is 569 g/mol. The summed E-state index contributed by atoms with van der Waals surface area (Å²) >= 11 is -0.587. The third-order valence-corrected chi connectivity index (χ3v) is 10.1. The summed E-state index contributed by atoms with van der Waals surface area (Å²) < 4.78 is 124. The molecule has 0 spiro atoms. The van der Waals surface area contributed by atoms with Gasteiger partial charge in [-0.25, -0.2) is 29.6 Å². The Morgan fingerprint density at radius 2 is 1.56 bits per heavy atom. The minimum absolute atomic E-state index is 0.00421. The second-order valence-electron chi connectivity index (χ2n) is 8.17. The van der Waals surface area contributed by atoms with Gasteiger partial charge in [0.2, 0.25) is 0 Å². The van der Waals surface area contributed by atoms with E-state index in [4.69, 9.17) is 0 Å². The van der Waals surface area contributed by atoms with Crippen molar-refractivity contribution in [2.75, 3.05) is 19.6 Å². The Morgan fingerprint density at radius 1 is 0.944 bits per heavy atom. The topological polar surface area (TPSA) is 88.5 Å². The second-order valence-corrected chi connectivity index (χ2v) is 12.8. The predicted molar refractivity (Wildman–Crippen MR) is 124 cm³/mol. The normalized spacial score (nSPS) is 17.5. The van der Waals surface area contributed by atoms with Crippen molar-refractivity contribution >= 4 is 42.9 Å². The van der Waals surface area contributed by atoms with Crippen LogP contribution >= 0.6 is 11.9 Å². The SMILES string of the molecule is O=S(=O)(c1cc2ccccc2n1S(=O)(=O)c1ccccc1F)N1CCC(F)(CNSC(F)(F)F)CC1. The highest BCUT2D eigenvalue weighted by atomic mass is 32.2. The van der Waals surface area contributed by atoms with Gasteiger partial charge in [0.1, 0.15) is 16.4 Å². The standard InChI is InChI=1S/C21H20F5N3O4S3/c22-16-6-2-4-8-18(16)35(30,31)29-17-7-3-1-5-15(17)13-19(29)36(32,33)28-11-9-20(23,10-12-28)14-27-34-21(24,25)26/h1-8,13,27H,9-12,14H2. The van der Waals surface area contributed by atoms with Gasteiger partial charge in [0.15, 0.2) is 5.03 Å². The van der Waals surface area contributed by atoms with E-state index >= 15 is 4.39 Å². The molecule has 15 heteroatoms. The van der Waals surface area contributed by atoms with Crippen molar-refractivity contribution in [1.82, 2.24) is 13.0 Å². The fraction of sp³-hybridized carbons (Fsp3) is 0.333. The summed E-state index contributed by atoms with van der Waals surface area (Å²) in [7, 11) is -9.24. The molecular weight excluding hydrogens is 549 g/mol. The third kappa shape index (κ3) is 5.25. The van der Waals surface area contributed by atoms with E-state index in [9.17, 15) is 34.4 Å². The highest BCUT2D eigenvalue weighted by Crippen LogP contribution is 2.35. The number of sulfonamides is 1. The molecule has 1 aromatic heterocycles. The molecule has 3 aromatic rings. The maximum absolute atomic E-state index is 15.0. The number of hydrogen-bond acceptors (Lipinski definition) is 6. The molecule has 1 aliphatic heterocycles. The summed E-state index contributed by atoms with van der Waals surface area (Å²) in [6.45, 7) is -1.43. The van der Waals surface area contributed by atoms with Crippen LogP contribution in [0, 0.1) is 5.82 Å². The van der Waals surface area contributed by atoms with Gasteiger partial charge < -0.3 is 0 Å². The van der Waals surface area contributed by atoms with Crippen LogP contribution in [-0.4, -0.2) is 55.9 Å². The summed E-state index contributed by atoms with van der Waals surface area (Å²) in [4.78, 5) is -0.725. The fourth-order valence-electron chi connectivity index (χ4n) is 3.97. The molecule has 36 heavy (non-hydrogen) atoms. The number of halogens is 5. The average Bonchev–Trinajstić information content (AvgIpc) is 3.20. The number of aromatic nitrogens is 1. The van der Waals surface area contributed by atoms with Crippen molar-refractivity contribution in [3.05, 3.63) is 60.4 Å². The lowest BCUT2D eigenvalue weighted by atomic mass is 9.95. The first-order chi connectivity index (χ1) is 16.7. The molecule has 4 rings (SSSR count). The third-order valence-electron chi connectivity index (χ3n) is 5.79. The van der Waals surface area contributed by atoms with Crippen LogP contribution in [0.25, 0.3) is 10.9 Å². The Kier molecular flexibility index (Phi) is 7.16. The van der Waals surface area contributed by atoms with Crippen LogP contribution in [0.2, 0.25) is 0 Å². The Balaban J connectivity index is 1.68. The summed E-state index contributed by atoms with van der Waals surface area (Å²) in [5, 5.41) is -0.384. The molecule has 0 unspecified atom stereocenters. The van der Waals surface area contributed by atoms with E-state index in [1.807, 2.05) is 4.72 Å². The van der Waals surface area contributed by atoms with Crippen molar-refractivity contribution in [2.24, 2.45) is 0 Å². The molecule has 0 saturated carbocycles. The van der Waals surface area contributed by atoms with E-state index in [2.05, 4.69) is 0 Å². The van der Waals surface area contributed by atoms with Gasteiger partial charge in [-0.1, -0.05) is 30.3 Å². The Bertz CT molecular complexity index is 1480. The molecule has 0 amide bonds. The molecule has 2 heterocycles. The van der Waals surface area contributed by atoms with Gasteiger partial charge in [-0.05, 0) is 37.1 Å². The van der Waals surface area contributed by atoms with Crippen molar-refractivity contribution < 1.29 is 38.8 Å². The van der Waals surface area contributed by atoms with Gasteiger partial charge in [0.25, 0.3) is 20.0 Å². The van der Waals surface area contributed by atoms with Crippen molar-refractivity contribution in [1.29, 1.82) is 0 Å². The number of nitrogens with one attached hydrogen (secondary N) is 1. The molecule has 7 nitrogen and oxygen atoms in total. The quantitative estimate of drug-likeness (QED) is 0.338. The van der Waals surface area contributed by atoms with Crippen LogP contribution in [0.15, 0.2) is 64.5 Å². The summed E-state index contributed by atoms with van der Waals surface area (Å²) in [5.41, 5.74) is -6.68. The maximum atomic E-state index is 15.0. The molecule has 1 saturated heterocycles. The van der Waals surface area contributed by atoms with Gasteiger partial charge in [0.05, 0.1) is 5.52 Å². The number of benzene rings is 2. The largest absolute Gasteiger partial charge is 0.456 e. The number of alkyl halides is 4. The molecule has 0 aliphatic carbocycles. The maximum Gasteiger partial charge on any atom is 0.456 e. The number of nitrogens with zero attached hydrogens (tertiary/aromatic N) is 2. The molecule has 0 atom stereocenters. The lowest BCUT2D eigenvalue weighted by Gasteiger charge is -2.35. The van der Waals surface area contributed by atoms with Crippen LogP contribution in [0.5, 0.6) is 0 Å². The zero-order valence-electron chi connectivity index (χ0n) is 18.4. The molecule has 1 aliphatic rings. The molecule has 1 N–H and O–H groups in total. The first-order valence-electron chi connectivity index (χ1n) is 10.5. The first-order valence-corrected chi connectivity index (χ1v) is 14.2. The summed E-state index contributed by atoms with van der Waals surface area (Å²) in [6.07, 6.45) is -0.810. The van der Waals surface area contributed by atoms with Gasteiger partial charge in [-0.2, -0.15) is 17.5 Å². The van der Waals surface area contributed by atoms with Gasteiger partial charge >= 0.3 is 5.51 Å². The first kappa shape index (κ1) is 26.9. The summed E-state index contributed by atoms with van der Waals surface area (Å²) in [5.74, 6) is -1.07. The second kappa shape index (κ2) is 9.59. The number of rotatable bonds is 7. The van der Waals surface area contributed by atoms with Gasteiger partial charge in [-0.15, -0.1) is 0 Å². The smallest absolute Gasteiger partial charge is 0.253 e. The Labute approximate surface area is 208 Å². The van der Waals surface area contributed by atoms with E-state index in [0.29, 0.717) is 3.97 Å². The van der Waals surface area contributed by atoms with Crippen molar-refractivity contribution in [2.45, 2.75) is 33.9 Å². The highest BCUT2D eigenvalue weighted by molar-refractivity contribution is 7.98. The Hall–Kier alpha value is -2.20. The van der Waals surface area contributed by atoms with Gasteiger partial charge in [-0.3, -0.25) is 4.72 Å². The fourth-order valence-corrected chi connectivity index (χ4v) is 8.03. The van der Waals surface area contributed by atoms with E-state index < -0.39 is 91.4 Å². The molecule has 0 bridgehead atoms. The number of hydrogen-bond donors (Lipinski definition) is 1. The van der Waals surface area contributed by atoms with Crippen LogP contribution in [0.4, 0.5) is 22.0 Å². The molecule has 2 aromatic carbocycles. The molecule has 0 radical (unpaired) electrons. The van der Waals surface area contributed by atoms with Crippen molar-refractivity contribution in [3.63, 3.8) is 0 Å². The lowest BCUT2D eigenvalue weighted by Crippen LogP contribution is -2.48. The van der Waals surface area contributed by atoms with Gasteiger partial charge in [0, 0.05) is 37.0 Å². The Morgan fingerprint density at radius 3 is 2.19 bits per heavy atom. The van der Waals surface area contributed by atoms with Crippen molar-refractivity contribution in [3.8, 4) is 0 Å². The lowest BCUT2D eigenvalue weighted by molar-refractivity contribution is -0.0339. The van der Waals surface area contributed by atoms with E-state index in [-0.39, 0.29) is 10.9 Å². The van der Waals surface area contributed by atoms with Crippen LogP contribution in [-0.2, 0) is 20.0 Å². The number of piperidine rings is 1. The van der Waals surface area contributed by atoms with Crippen LogP contribution in [0.1, 0.15) is 12.8 Å². The number of para-hydroxylation sites is 1. The van der Waals surface area contributed by atoms with E-state index in [0.717, 1.165) is 22.5 Å². The molecule has 196 valence electrons. The molecule has 1 fully saturated rings. The highest BCUT2D eigenvalue weighted by Gasteiger charge is 2.42. The van der Waals surface area contributed by atoms with Crippen LogP contribution < -0.4 is 4.72 Å². The molecular formula is C21H20F5N3O4S3. The van der Waals surface area contributed by atoms with E-state index in [1.54, 1.807) is 6.07 Å². The minimum atomic E-state index is -4.71. The average molecular weight is 570 g/mol. The zero-order chi connectivity index (χ0) is 26.4. The minimum Gasteiger partial charge on any atom is -0.253 e. The number of fused-ring (bicyclic) bond motifs is 1. The summed E-state index contributed by atoms with van der Waals surface area (Å²) in [6, 6.07) is 11.6.